The number of phenolic OH excluding ortho intramolecular Hbond substituents is 1. The van der Waals surface area contributed by atoms with Crippen molar-refractivity contribution >= 4 is 34.8 Å². The van der Waals surface area contributed by atoms with Crippen LogP contribution in [0.3, 0.4) is 0 Å². The standard InChI is InChI=1S/C30H37FN4O9/c1-34(2)23-16-10-13-9-15-17(31)11-18(33-19(36)12-35-7-4-5-14(35)6-8-44-3)24(37)21(15)25(38)20(13)27(40)30(16,43)28(41)22(26(23)39)29(32)42/h11,13-14,16,23,37-38,41,43H,4-10,12H2,1-3H3,(H2,32,42)(H,33,36)/t13-,14+,16-,23-,30-/m0/s1. The molecule has 0 radical (unpaired) electrons. The number of aliphatic hydroxyl groups is 3. The summed E-state index contributed by atoms with van der Waals surface area (Å²) in [5.41, 5.74) is 0.321. The molecule has 0 bridgehead atoms. The minimum absolute atomic E-state index is 0.0197. The molecule has 0 aromatic heterocycles. The number of hydrogen-bond donors (Lipinski definition) is 6. The van der Waals surface area contributed by atoms with E-state index in [0.29, 0.717) is 13.2 Å². The zero-order chi connectivity index (χ0) is 32.2. The molecule has 1 aliphatic heterocycles. The van der Waals surface area contributed by atoms with Gasteiger partial charge >= 0.3 is 0 Å². The van der Waals surface area contributed by atoms with Crippen molar-refractivity contribution in [3.63, 3.8) is 0 Å². The SMILES string of the molecule is COCC[C@H]1CCCN1CC(=O)Nc1cc(F)c2c(c1O)C(O)=C1C(=O)[C@]3(O)C(O)=C(C(N)=O)C(=O)[C@@H](N(C)C)[C@@H]3C[C@@H]1C2. The second-order valence-electron chi connectivity index (χ2n) is 12.2. The average molecular weight is 617 g/mol. The van der Waals surface area contributed by atoms with Gasteiger partial charge in [0.05, 0.1) is 23.8 Å². The van der Waals surface area contributed by atoms with Crippen LogP contribution in [0.1, 0.15) is 36.8 Å². The molecule has 2 amide bonds. The van der Waals surface area contributed by atoms with Crippen molar-refractivity contribution in [3.05, 3.63) is 39.9 Å². The third-order valence-corrected chi connectivity index (χ3v) is 9.44. The highest BCUT2D eigenvalue weighted by Crippen LogP contribution is 2.53. The molecule has 5 atom stereocenters. The Morgan fingerprint density at radius 2 is 1.95 bits per heavy atom. The molecule has 44 heavy (non-hydrogen) atoms. The van der Waals surface area contributed by atoms with Gasteiger partial charge in [-0.3, -0.25) is 29.0 Å². The number of ketones is 2. The van der Waals surface area contributed by atoms with Crippen molar-refractivity contribution in [2.45, 2.75) is 49.8 Å². The van der Waals surface area contributed by atoms with Gasteiger partial charge in [0, 0.05) is 42.9 Å². The number of rotatable bonds is 8. The molecule has 0 unspecified atom stereocenters. The summed E-state index contributed by atoms with van der Waals surface area (Å²) in [4.78, 5) is 55.5. The summed E-state index contributed by atoms with van der Waals surface area (Å²) in [6, 6.07) is -0.166. The predicted octanol–water partition coefficient (Wildman–Crippen LogP) is 0.543. The number of anilines is 1. The highest BCUT2D eigenvalue weighted by atomic mass is 19.1. The van der Waals surface area contributed by atoms with Gasteiger partial charge in [-0.2, -0.15) is 0 Å². The second kappa shape index (κ2) is 11.6. The van der Waals surface area contributed by atoms with E-state index in [-0.39, 0.29) is 36.7 Å². The first-order valence-electron chi connectivity index (χ1n) is 14.5. The molecule has 5 rings (SSSR count). The number of nitrogens with two attached hydrogens (primary N) is 1. The number of aromatic hydroxyl groups is 1. The maximum Gasteiger partial charge on any atom is 0.255 e. The number of fused-ring (bicyclic) bond motifs is 3. The number of phenols is 1. The minimum Gasteiger partial charge on any atom is -0.508 e. The topological polar surface area (TPSA) is 203 Å². The van der Waals surface area contributed by atoms with Gasteiger partial charge < -0.3 is 36.2 Å². The van der Waals surface area contributed by atoms with Crippen LogP contribution in [0.15, 0.2) is 23.0 Å². The van der Waals surface area contributed by atoms with E-state index in [9.17, 15) is 39.6 Å². The first-order chi connectivity index (χ1) is 20.7. The Kier molecular flexibility index (Phi) is 8.31. The van der Waals surface area contributed by atoms with E-state index in [2.05, 4.69) is 5.32 Å². The number of halogens is 1. The third-order valence-electron chi connectivity index (χ3n) is 9.44. The summed E-state index contributed by atoms with van der Waals surface area (Å²) in [7, 11) is 4.58. The third kappa shape index (κ3) is 4.85. The summed E-state index contributed by atoms with van der Waals surface area (Å²) in [6.07, 6.45) is 2.18. The lowest BCUT2D eigenvalue weighted by Gasteiger charge is -2.50. The van der Waals surface area contributed by atoms with Crippen molar-refractivity contribution < 1.29 is 48.7 Å². The fourth-order valence-electron chi connectivity index (χ4n) is 7.42. The van der Waals surface area contributed by atoms with Crippen LogP contribution in [0.4, 0.5) is 10.1 Å². The van der Waals surface area contributed by atoms with E-state index in [1.54, 1.807) is 7.11 Å². The van der Waals surface area contributed by atoms with E-state index in [1.165, 1.54) is 19.0 Å². The second-order valence-corrected chi connectivity index (χ2v) is 12.2. The van der Waals surface area contributed by atoms with Gasteiger partial charge in [0.25, 0.3) is 5.91 Å². The number of Topliss-reactive ketones (excluding diaryl/α,β-unsaturated/α-hetero) is 2. The monoisotopic (exact) mass is 616 g/mol. The van der Waals surface area contributed by atoms with Crippen LogP contribution in [0.5, 0.6) is 5.75 Å². The lowest BCUT2D eigenvalue weighted by atomic mass is 9.57. The first-order valence-corrected chi connectivity index (χ1v) is 14.5. The fraction of sp³-hybridized carbons (Fsp3) is 0.533. The number of methoxy groups -OCH3 is 1. The molecule has 1 aromatic carbocycles. The molecule has 1 saturated carbocycles. The average Bonchev–Trinajstić information content (AvgIpc) is 3.38. The van der Waals surface area contributed by atoms with Gasteiger partial charge in [-0.25, -0.2) is 4.39 Å². The van der Waals surface area contributed by atoms with Gasteiger partial charge in [-0.1, -0.05) is 0 Å². The predicted molar refractivity (Wildman–Crippen MR) is 154 cm³/mol. The van der Waals surface area contributed by atoms with E-state index in [1.807, 2.05) is 4.90 Å². The number of amides is 2. The molecule has 13 nitrogen and oxygen atoms in total. The quantitative estimate of drug-likeness (QED) is 0.176. The van der Waals surface area contributed by atoms with Crippen LogP contribution in [-0.4, -0.2) is 112 Å². The molecule has 1 aromatic rings. The van der Waals surface area contributed by atoms with Crippen LogP contribution in [0.25, 0.3) is 5.76 Å². The number of ether oxygens (including phenoxy) is 1. The highest BCUT2D eigenvalue weighted by molar-refractivity contribution is 6.24. The van der Waals surface area contributed by atoms with Crippen LogP contribution in [-0.2, 0) is 30.3 Å². The molecule has 3 aliphatic carbocycles. The zero-order valence-corrected chi connectivity index (χ0v) is 24.7. The molecule has 14 heteroatoms. The molecule has 0 spiro atoms. The first kappa shape index (κ1) is 31.6. The highest BCUT2D eigenvalue weighted by Gasteiger charge is 2.64. The molecule has 7 N–H and O–H groups in total. The van der Waals surface area contributed by atoms with Crippen LogP contribution in [0, 0.1) is 17.7 Å². The number of aliphatic hydroxyl groups excluding tert-OH is 2. The van der Waals surface area contributed by atoms with Crippen molar-refractivity contribution in [2.75, 3.05) is 46.2 Å². The summed E-state index contributed by atoms with van der Waals surface area (Å²) >= 11 is 0. The number of primary amides is 1. The van der Waals surface area contributed by atoms with Gasteiger partial charge in [0.1, 0.15) is 22.9 Å². The maximum atomic E-state index is 15.6. The summed E-state index contributed by atoms with van der Waals surface area (Å²) in [5.74, 6) is -9.71. The van der Waals surface area contributed by atoms with Gasteiger partial charge in [-0.15, -0.1) is 0 Å². The van der Waals surface area contributed by atoms with Crippen molar-refractivity contribution in [1.82, 2.24) is 9.80 Å². The van der Waals surface area contributed by atoms with Crippen molar-refractivity contribution in [2.24, 2.45) is 17.6 Å². The Morgan fingerprint density at radius 1 is 1.25 bits per heavy atom. The Hall–Kier alpha value is -3.85. The van der Waals surface area contributed by atoms with Crippen molar-refractivity contribution in [3.8, 4) is 5.75 Å². The summed E-state index contributed by atoms with van der Waals surface area (Å²) < 4.78 is 20.7. The number of hydrogen-bond acceptors (Lipinski definition) is 11. The smallest absolute Gasteiger partial charge is 0.255 e. The molecule has 238 valence electrons. The number of likely N-dealkylation sites (N-methyl/N-ethyl adjacent to an activating group) is 1. The van der Waals surface area contributed by atoms with Gasteiger partial charge in [-0.05, 0) is 58.7 Å². The summed E-state index contributed by atoms with van der Waals surface area (Å²) in [6.45, 7) is 1.20. The van der Waals surface area contributed by atoms with E-state index >= 15 is 4.39 Å². The molecule has 4 aliphatic rings. The van der Waals surface area contributed by atoms with Crippen LogP contribution < -0.4 is 11.1 Å². The largest absolute Gasteiger partial charge is 0.508 e. The lowest BCUT2D eigenvalue weighted by Crippen LogP contribution is -2.65. The number of likely N-dealkylation sites (tertiary alicyclic amines) is 1. The van der Waals surface area contributed by atoms with E-state index in [4.69, 9.17) is 10.5 Å². The zero-order valence-electron chi connectivity index (χ0n) is 24.7. The molecule has 1 heterocycles. The lowest BCUT2D eigenvalue weighted by molar-refractivity contribution is -0.153. The summed E-state index contributed by atoms with van der Waals surface area (Å²) in [5, 5.41) is 47.6. The number of carbonyl (C=O) groups excluding carboxylic acids is 4. The Labute approximate surface area is 252 Å². The van der Waals surface area contributed by atoms with Gasteiger partial charge in [0.15, 0.2) is 17.1 Å². The molecular weight excluding hydrogens is 579 g/mol. The Bertz CT molecular complexity index is 1510. The Balaban J connectivity index is 1.52. The molecular formula is C30H37FN4O9. The van der Waals surface area contributed by atoms with Crippen LogP contribution in [0.2, 0.25) is 0 Å². The van der Waals surface area contributed by atoms with Crippen LogP contribution >= 0.6 is 0 Å². The number of nitrogens with one attached hydrogen (secondary N) is 1. The molecule has 2 fully saturated rings. The maximum absolute atomic E-state index is 15.6. The normalized spacial score (nSPS) is 28.7. The Morgan fingerprint density at radius 3 is 2.59 bits per heavy atom. The van der Waals surface area contributed by atoms with E-state index < -0.39 is 86.7 Å². The number of benzene rings is 1. The van der Waals surface area contributed by atoms with Crippen molar-refractivity contribution in [1.29, 1.82) is 0 Å². The fourth-order valence-corrected chi connectivity index (χ4v) is 7.42. The minimum atomic E-state index is -2.81. The number of carbonyl (C=O) groups is 4. The number of nitrogens with zero attached hydrogens (tertiary/aromatic N) is 2. The van der Waals surface area contributed by atoms with Gasteiger partial charge in [0.2, 0.25) is 11.7 Å². The molecule has 1 saturated heterocycles. The van der Waals surface area contributed by atoms with E-state index in [0.717, 1.165) is 25.3 Å².